The van der Waals surface area contributed by atoms with Gasteiger partial charge in [-0.15, -0.1) is 0 Å². The predicted octanol–water partition coefficient (Wildman–Crippen LogP) is 3.40. The van der Waals surface area contributed by atoms with Crippen LogP contribution in [0.2, 0.25) is 0 Å². The van der Waals surface area contributed by atoms with Crippen molar-refractivity contribution in [3.63, 3.8) is 0 Å². The summed E-state index contributed by atoms with van der Waals surface area (Å²) in [5.74, 6) is 0.719. The molecule has 1 fully saturated rings. The van der Waals surface area contributed by atoms with Gasteiger partial charge in [-0.3, -0.25) is 4.90 Å². The van der Waals surface area contributed by atoms with E-state index in [1.165, 1.54) is 24.8 Å². The number of hydrogen-bond donors (Lipinski definition) is 0. The standard InChI is InChI=1S/C16H27NO/c1-12(2)16-7-5-15(6-8-16)11-17-9-13(3)18-14(4)10-17/h5,13-14,16H,1,6-11H2,2-4H3/t13-,14+,16-/m1/s1. The average molecular weight is 249 g/mol. The average Bonchev–Trinajstić information content (AvgIpc) is 2.28. The molecule has 0 spiro atoms. The van der Waals surface area contributed by atoms with E-state index < -0.39 is 0 Å². The molecule has 1 aliphatic heterocycles. The summed E-state index contributed by atoms with van der Waals surface area (Å²) in [6.45, 7) is 13.9. The Morgan fingerprint density at radius 2 is 2.06 bits per heavy atom. The first-order valence-corrected chi connectivity index (χ1v) is 7.25. The fourth-order valence-electron chi connectivity index (χ4n) is 3.18. The molecule has 102 valence electrons. The molecule has 18 heavy (non-hydrogen) atoms. The molecule has 1 saturated heterocycles. The number of hydrogen-bond acceptors (Lipinski definition) is 2. The zero-order valence-corrected chi connectivity index (χ0v) is 12.1. The fourth-order valence-corrected chi connectivity index (χ4v) is 3.18. The van der Waals surface area contributed by atoms with Gasteiger partial charge in [0.2, 0.25) is 0 Å². The maximum absolute atomic E-state index is 5.78. The second-order valence-corrected chi connectivity index (χ2v) is 6.13. The van der Waals surface area contributed by atoms with Crippen LogP contribution < -0.4 is 0 Å². The highest BCUT2D eigenvalue weighted by Gasteiger charge is 2.23. The van der Waals surface area contributed by atoms with Crippen LogP contribution in [0, 0.1) is 5.92 Å². The van der Waals surface area contributed by atoms with E-state index in [1.54, 1.807) is 5.57 Å². The van der Waals surface area contributed by atoms with Gasteiger partial charge in [0, 0.05) is 19.6 Å². The van der Waals surface area contributed by atoms with Crippen molar-refractivity contribution in [3.05, 3.63) is 23.8 Å². The lowest BCUT2D eigenvalue weighted by Gasteiger charge is -2.36. The van der Waals surface area contributed by atoms with E-state index in [1.807, 2.05) is 0 Å². The van der Waals surface area contributed by atoms with Gasteiger partial charge in [-0.1, -0.05) is 23.8 Å². The Balaban J connectivity index is 1.85. The fraction of sp³-hybridized carbons (Fsp3) is 0.750. The van der Waals surface area contributed by atoms with Crippen molar-refractivity contribution < 1.29 is 4.74 Å². The third kappa shape index (κ3) is 3.69. The molecule has 2 rings (SSSR count). The Kier molecular flexibility index (Phi) is 4.63. The molecular weight excluding hydrogens is 222 g/mol. The van der Waals surface area contributed by atoms with Crippen LogP contribution >= 0.6 is 0 Å². The van der Waals surface area contributed by atoms with Crippen molar-refractivity contribution in [1.82, 2.24) is 4.90 Å². The van der Waals surface area contributed by atoms with E-state index in [2.05, 4.69) is 38.3 Å². The van der Waals surface area contributed by atoms with E-state index >= 15 is 0 Å². The molecule has 3 atom stereocenters. The molecule has 0 aromatic heterocycles. The van der Waals surface area contributed by atoms with Crippen molar-refractivity contribution in [2.24, 2.45) is 5.92 Å². The van der Waals surface area contributed by atoms with Crippen LogP contribution in [0.5, 0.6) is 0 Å². The minimum atomic E-state index is 0.376. The molecule has 2 heteroatoms. The van der Waals surface area contributed by atoms with E-state index in [-0.39, 0.29) is 0 Å². The lowest BCUT2D eigenvalue weighted by atomic mass is 9.85. The minimum absolute atomic E-state index is 0.376. The van der Waals surface area contributed by atoms with Gasteiger partial charge in [0.05, 0.1) is 12.2 Å². The lowest BCUT2D eigenvalue weighted by Crippen LogP contribution is -2.46. The molecule has 0 bridgehead atoms. The number of rotatable bonds is 3. The zero-order chi connectivity index (χ0) is 13.1. The summed E-state index contributed by atoms with van der Waals surface area (Å²) in [6, 6.07) is 0. The van der Waals surface area contributed by atoms with Gasteiger partial charge in [-0.2, -0.15) is 0 Å². The highest BCUT2D eigenvalue weighted by molar-refractivity contribution is 5.13. The summed E-state index contributed by atoms with van der Waals surface area (Å²) >= 11 is 0. The molecule has 0 amide bonds. The van der Waals surface area contributed by atoms with Gasteiger partial charge in [0.25, 0.3) is 0 Å². The molecule has 0 aromatic rings. The summed E-state index contributed by atoms with van der Waals surface area (Å²) < 4.78 is 5.78. The Morgan fingerprint density at radius 1 is 1.39 bits per heavy atom. The lowest BCUT2D eigenvalue weighted by molar-refractivity contribution is -0.0655. The summed E-state index contributed by atoms with van der Waals surface area (Å²) in [6.07, 6.45) is 6.93. The van der Waals surface area contributed by atoms with Gasteiger partial charge in [-0.25, -0.2) is 0 Å². The number of morpholine rings is 1. The van der Waals surface area contributed by atoms with Gasteiger partial charge in [0.15, 0.2) is 0 Å². The number of nitrogens with zero attached hydrogens (tertiary/aromatic N) is 1. The molecule has 2 aliphatic rings. The van der Waals surface area contributed by atoms with Crippen LogP contribution in [0.25, 0.3) is 0 Å². The number of ether oxygens (including phenoxy) is 1. The monoisotopic (exact) mass is 249 g/mol. The Labute approximate surface area is 112 Å². The topological polar surface area (TPSA) is 12.5 Å². The minimum Gasteiger partial charge on any atom is -0.373 e. The largest absolute Gasteiger partial charge is 0.373 e. The molecule has 1 heterocycles. The van der Waals surface area contributed by atoms with Crippen molar-refractivity contribution >= 4 is 0 Å². The van der Waals surface area contributed by atoms with E-state index in [9.17, 15) is 0 Å². The maximum atomic E-state index is 5.78. The van der Waals surface area contributed by atoms with Crippen LogP contribution in [0.15, 0.2) is 23.8 Å². The summed E-state index contributed by atoms with van der Waals surface area (Å²) in [7, 11) is 0. The third-order valence-electron chi connectivity index (χ3n) is 4.12. The first-order chi connectivity index (χ1) is 8.54. The van der Waals surface area contributed by atoms with Crippen LogP contribution in [0.1, 0.15) is 40.0 Å². The molecule has 0 saturated carbocycles. The number of allylic oxidation sites excluding steroid dienone is 2. The molecule has 0 aromatic carbocycles. The first-order valence-electron chi connectivity index (χ1n) is 7.25. The van der Waals surface area contributed by atoms with Crippen molar-refractivity contribution in [3.8, 4) is 0 Å². The highest BCUT2D eigenvalue weighted by Crippen LogP contribution is 2.28. The van der Waals surface area contributed by atoms with E-state index in [0.717, 1.165) is 25.6 Å². The quantitative estimate of drug-likeness (QED) is 0.711. The van der Waals surface area contributed by atoms with E-state index in [0.29, 0.717) is 12.2 Å². The van der Waals surface area contributed by atoms with Gasteiger partial charge >= 0.3 is 0 Å². The molecular formula is C16H27NO. The van der Waals surface area contributed by atoms with Gasteiger partial charge in [0.1, 0.15) is 0 Å². The summed E-state index contributed by atoms with van der Waals surface area (Å²) in [5, 5.41) is 0. The Morgan fingerprint density at radius 3 is 2.56 bits per heavy atom. The second kappa shape index (κ2) is 6.03. The Bertz CT molecular complexity index is 324. The van der Waals surface area contributed by atoms with E-state index in [4.69, 9.17) is 4.74 Å². The van der Waals surface area contributed by atoms with Gasteiger partial charge in [-0.05, 0) is 46.0 Å². The van der Waals surface area contributed by atoms with Crippen molar-refractivity contribution in [2.75, 3.05) is 19.6 Å². The third-order valence-corrected chi connectivity index (χ3v) is 4.12. The first kappa shape index (κ1) is 13.8. The summed E-state index contributed by atoms with van der Waals surface area (Å²) in [4.78, 5) is 2.55. The molecule has 2 nitrogen and oxygen atoms in total. The highest BCUT2D eigenvalue weighted by atomic mass is 16.5. The normalized spacial score (nSPS) is 34.2. The zero-order valence-electron chi connectivity index (χ0n) is 12.1. The van der Waals surface area contributed by atoms with Crippen LogP contribution in [0.4, 0.5) is 0 Å². The smallest absolute Gasteiger partial charge is 0.0678 e. The molecule has 1 aliphatic carbocycles. The molecule has 0 N–H and O–H groups in total. The van der Waals surface area contributed by atoms with Crippen molar-refractivity contribution in [2.45, 2.75) is 52.2 Å². The SMILES string of the molecule is C=C(C)[C@@H]1CC=C(CN2C[C@@H](C)O[C@@H](C)C2)CC1. The van der Waals surface area contributed by atoms with Crippen LogP contribution in [-0.2, 0) is 4.74 Å². The van der Waals surface area contributed by atoms with Crippen LogP contribution in [0.3, 0.4) is 0 Å². The van der Waals surface area contributed by atoms with Crippen molar-refractivity contribution in [1.29, 1.82) is 0 Å². The second-order valence-electron chi connectivity index (χ2n) is 6.13. The van der Waals surface area contributed by atoms with Crippen LogP contribution in [-0.4, -0.2) is 36.7 Å². The maximum Gasteiger partial charge on any atom is 0.0678 e. The van der Waals surface area contributed by atoms with Gasteiger partial charge < -0.3 is 4.74 Å². The summed E-state index contributed by atoms with van der Waals surface area (Å²) in [5.41, 5.74) is 2.97. The Hall–Kier alpha value is -0.600. The molecule has 0 radical (unpaired) electrons. The molecule has 0 unspecified atom stereocenters. The predicted molar refractivity (Wildman–Crippen MR) is 76.7 cm³/mol.